The third kappa shape index (κ3) is 3.24. The first-order chi connectivity index (χ1) is 7.58. The molecular weight excluding hydrogens is 266 g/mol. The fourth-order valence-electron chi connectivity index (χ4n) is 1.43. The summed E-state index contributed by atoms with van der Waals surface area (Å²) in [7, 11) is 0. The summed E-state index contributed by atoms with van der Waals surface area (Å²) < 4.78 is 6.71. The normalized spacial score (nSPS) is 12.2. The molecule has 0 heterocycles. The Kier molecular flexibility index (Phi) is 4.82. The molecule has 0 aliphatic rings. The number of hydrogen-bond acceptors (Lipinski definition) is 2. The fraction of sp³-hybridized carbons (Fsp3) is 0.462. The van der Waals surface area contributed by atoms with Crippen molar-refractivity contribution in [1.29, 1.82) is 5.26 Å². The second-order valence-corrected chi connectivity index (χ2v) is 4.90. The fourth-order valence-corrected chi connectivity index (χ4v) is 1.81. The zero-order chi connectivity index (χ0) is 12.1. The van der Waals surface area contributed by atoms with Crippen LogP contribution in [0.4, 0.5) is 0 Å². The molecule has 0 aliphatic carbocycles. The highest BCUT2D eigenvalue weighted by Crippen LogP contribution is 2.30. The first-order valence-electron chi connectivity index (χ1n) is 5.44. The summed E-state index contributed by atoms with van der Waals surface area (Å²) in [6, 6.07) is 8.04. The summed E-state index contributed by atoms with van der Waals surface area (Å²) in [4.78, 5) is 0. The Morgan fingerprint density at radius 2 is 2.12 bits per heavy atom. The summed E-state index contributed by atoms with van der Waals surface area (Å²) in [5.74, 6) is 1.19. The van der Waals surface area contributed by atoms with Crippen molar-refractivity contribution in [1.82, 2.24) is 0 Å². The van der Waals surface area contributed by atoms with Crippen molar-refractivity contribution in [3.8, 4) is 11.8 Å². The molecule has 1 unspecified atom stereocenters. The number of rotatable bonds is 4. The maximum absolute atomic E-state index is 8.89. The monoisotopic (exact) mass is 281 g/mol. The van der Waals surface area contributed by atoms with Gasteiger partial charge in [0.2, 0.25) is 0 Å². The van der Waals surface area contributed by atoms with Crippen molar-refractivity contribution in [3.63, 3.8) is 0 Å². The largest absolute Gasteiger partial charge is 0.475 e. The van der Waals surface area contributed by atoms with E-state index in [2.05, 4.69) is 35.8 Å². The van der Waals surface area contributed by atoms with Crippen molar-refractivity contribution in [2.24, 2.45) is 0 Å². The van der Waals surface area contributed by atoms with Gasteiger partial charge in [0, 0.05) is 4.47 Å². The zero-order valence-corrected chi connectivity index (χ0v) is 11.4. The van der Waals surface area contributed by atoms with E-state index in [0.717, 1.165) is 15.8 Å². The van der Waals surface area contributed by atoms with Crippen LogP contribution in [-0.2, 0) is 0 Å². The Balaban J connectivity index is 3.00. The summed E-state index contributed by atoms with van der Waals surface area (Å²) in [6.45, 7) is 6.17. The summed E-state index contributed by atoms with van der Waals surface area (Å²) in [5, 5.41) is 8.89. The van der Waals surface area contributed by atoms with Gasteiger partial charge in [0.05, 0.1) is 0 Å². The smallest absolute Gasteiger partial charge is 0.184 e. The molecule has 0 radical (unpaired) electrons. The molecule has 0 bridgehead atoms. The Hall–Kier alpha value is -1.01. The van der Waals surface area contributed by atoms with Crippen molar-refractivity contribution in [2.45, 2.75) is 39.2 Å². The van der Waals surface area contributed by atoms with E-state index in [1.54, 1.807) is 0 Å². The standard InChI is InChI=1S/C13H16BrNO/c1-4-11(8-15)16-13-6-5-10(14)7-12(13)9(2)3/h5-7,9,11H,4H2,1-3H3. The molecule has 2 nitrogen and oxygen atoms in total. The van der Waals surface area contributed by atoms with Gasteiger partial charge in [-0.05, 0) is 36.1 Å². The number of nitrogens with zero attached hydrogens (tertiary/aromatic N) is 1. The second kappa shape index (κ2) is 5.91. The van der Waals surface area contributed by atoms with Gasteiger partial charge in [-0.25, -0.2) is 0 Å². The molecule has 0 fully saturated rings. The Morgan fingerprint density at radius 1 is 1.44 bits per heavy atom. The van der Waals surface area contributed by atoms with Gasteiger partial charge in [-0.3, -0.25) is 0 Å². The molecule has 1 atom stereocenters. The lowest BCUT2D eigenvalue weighted by atomic mass is 10.0. The number of hydrogen-bond donors (Lipinski definition) is 0. The van der Waals surface area contributed by atoms with Gasteiger partial charge in [0.25, 0.3) is 0 Å². The van der Waals surface area contributed by atoms with Crippen molar-refractivity contribution in [3.05, 3.63) is 28.2 Å². The molecule has 1 aromatic rings. The highest BCUT2D eigenvalue weighted by atomic mass is 79.9. The van der Waals surface area contributed by atoms with E-state index in [4.69, 9.17) is 10.00 Å². The summed E-state index contributed by atoms with van der Waals surface area (Å²) in [6.07, 6.45) is 0.336. The Morgan fingerprint density at radius 3 is 2.62 bits per heavy atom. The van der Waals surface area contributed by atoms with E-state index in [0.29, 0.717) is 12.3 Å². The number of halogens is 1. The zero-order valence-electron chi connectivity index (χ0n) is 9.83. The summed E-state index contributed by atoms with van der Waals surface area (Å²) in [5.41, 5.74) is 1.13. The molecule has 0 aromatic heterocycles. The molecule has 86 valence electrons. The molecule has 0 spiro atoms. The third-order valence-electron chi connectivity index (χ3n) is 2.38. The highest BCUT2D eigenvalue weighted by molar-refractivity contribution is 9.10. The lowest BCUT2D eigenvalue weighted by Crippen LogP contribution is -2.13. The van der Waals surface area contributed by atoms with Crippen molar-refractivity contribution in [2.75, 3.05) is 0 Å². The van der Waals surface area contributed by atoms with Crippen LogP contribution in [0, 0.1) is 11.3 Å². The molecule has 0 aliphatic heterocycles. The van der Waals surface area contributed by atoms with Gasteiger partial charge in [-0.2, -0.15) is 5.26 Å². The Labute approximate surface area is 105 Å². The molecular formula is C13H16BrNO. The van der Waals surface area contributed by atoms with Crippen LogP contribution in [0.3, 0.4) is 0 Å². The molecule has 16 heavy (non-hydrogen) atoms. The minimum Gasteiger partial charge on any atom is -0.475 e. The first kappa shape index (κ1) is 13.1. The van der Waals surface area contributed by atoms with E-state index >= 15 is 0 Å². The second-order valence-electron chi connectivity index (χ2n) is 3.98. The van der Waals surface area contributed by atoms with Crippen LogP contribution in [0.25, 0.3) is 0 Å². The van der Waals surface area contributed by atoms with Crippen LogP contribution < -0.4 is 4.74 Å². The van der Waals surface area contributed by atoms with Gasteiger partial charge in [-0.15, -0.1) is 0 Å². The predicted octanol–water partition coefficient (Wildman–Crippen LogP) is 4.25. The van der Waals surface area contributed by atoms with Crippen molar-refractivity contribution >= 4 is 15.9 Å². The molecule has 1 aromatic carbocycles. The van der Waals surface area contributed by atoms with Crippen molar-refractivity contribution < 1.29 is 4.74 Å². The molecule has 0 amide bonds. The molecule has 0 saturated heterocycles. The van der Waals surface area contributed by atoms with Crippen LogP contribution >= 0.6 is 15.9 Å². The molecule has 0 saturated carbocycles. The first-order valence-corrected chi connectivity index (χ1v) is 6.23. The van der Waals surface area contributed by atoms with Gasteiger partial charge < -0.3 is 4.74 Å². The van der Waals surface area contributed by atoms with Crippen LogP contribution in [0.2, 0.25) is 0 Å². The minimum atomic E-state index is -0.362. The van der Waals surface area contributed by atoms with Gasteiger partial charge >= 0.3 is 0 Å². The van der Waals surface area contributed by atoms with E-state index < -0.39 is 0 Å². The molecule has 1 rings (SSSR count). The number of ether oxygens (including phenoxy) is 1. The van der Waals surface area contributed by atoms with Crippen LogP contribution in [0.15, 0.2) is 22.7 Å². The number of benzene rings is 1. The maximum atomic E-state index is 8.89. The average molecular weight is 282 g/mol. The highest BCUT2D eigenvalue weighted by Gasteiger charge is 2.12. The lowest BCUT2D eigenvalue weighted by molar-refractivity contribution is 0.248. The molecule has 3 heteroatoms. The maximum Gasteiger partial charge on any atom is 0.184 e. The third-order valence-corrected chi connectivity index (χ3v) is 2.87. The van der Waals surface area contributed by atoms with Gasteiger partial charge in [-0.1, -0.05) is 36.7 Å². The van der Waals surface area contributed by atoms with E-state index in [1.807, 2.05) is 25.1 Å². The average Bonchev–Trinajstić information content (AvgIpc) is 2.27. The summed E-state index contributed by atoms with van der Waals surface area (Å²) >= 11 is 3.44. The lowest BCUT2D eigenvalue weighted by Gasteiger charge is -2.16. The van der Waals surface area contributed by atoms with Crippen LogP contribution in [0.5, 0.6) is 5.75 Å². The Bertz CT molecular complexity index is 395. The van der Waals surface area contributed by atoms with E-state index in [1.165, 1.54) is 0 Å². The van der Waals surface area contributed by atoms with Crippen LogP contribution in [0.1, 0.15) is 38.7 Å². The number of nitriles is 1. The van der Waals surface area contributed by atoms with Gasteiger partial charge in [0.1, 0.15) is 11.8 Å². The van der Waals surface area contributed by atoms with E-state index in [9.17, 15) is 0 Å². The van der Waals surface area contributed by atoms with Crippen LogP contribution in [-0.4, -0.2) is 6.10 Å². The minimum absolute atomic E-state index is 0.362. The topological polar surface area (TPSA) is 33.0 Å². The quantitative estimate of drug-likeness (QED) is 0.826. The SMILES string of the molecule is CCC(C#N)Oc1ccc(Br)cc1C(C)C. The molecule has 0 N–H and O–H groups in total. The predicted molar refractivity (Wildman–Crippen MR) is 68.6 cm³/mol. The van der Waals surface area contributed by atoms with E-state index in [-0.39, 0.29) is 6.10 Å². The van der Waals surface area contributed by atoms with Gasteiger partial charge in [0.15, 0.2) is 6.10 Å².